The second-order valence-electron chi connectivity index (χ2n) is 6.11. The summed E-state index contributed by atoms with van der Waals surface area (Å²) < 4.78 is 2.37. The highest BCUT2D eigenvalue weighted by atomic mass is 32.1. The average Bonchev–Trinajstić information content (AvgIpc) is 2.41. The van der Waals surface area contributed by atoms with Crippen LogP contribution in [0.2, 0.25) is 0 Å². The van der Waals surface area contributed by atoms with E-state index < -0.39 is 0 Å². The Kier molecular flexibility index (Phi) is 3.50. The molecule has 3 unspecified atom stereocenters. The molecule has 20 heavy (non-hydrogen) atoms. The number of aromatic nitrogens is 2. The molecule has 3 atom stereocenters. The maximum absolute atomic E-state index is 12.8. The van der Waals surface area contributed by atoms with Crippen LogP contribution < -0.4 is 5.56 Å². The Balaban J connectivity index is 2.17. The summed E-state index contributed by atoms with van der Waals surface area (Å²) in [7, 11) is 0. The minimum atomic E-state index is 0.0516. The van der Waals surface area contributed by atoms with Gasteiger partial charge in [-0.1, -0.05) is 26.0 Å². The van der Waals surface area contributed by atoms with Crippen molar-refractivity contribution in [3.05, 3.63) is 39.4 Å². The molecule has 1 aromatic heterocycles. The molecule has 4 heteroatoms. The molecule has 2 aromatic rings. The molecule has 0 amide bonds. The summed E-state index contributed by atoms with van der Waals surface area (Å²) in [6.07, 6.45) is 3.37. The number of fused-ring (bicyclic) bond motifs is 1. The van der Waals surface area contributed by atoms with Crippen molar-refractivity contribution in [1.29, 1.82) is 0 Å². The first-order valence-corrected chi connectivity index (χ1v) is 7.72. The molecule has 1 saturated carbocycles. The zero-order chi connectivity index (χ0) is 14.3. The van der Waals surface area contributed by atoms with Crippen LogP contribution in [0.4, 0.5) is 0 Å². The number of para-hydroxylation sites is 1. The van der Waals surface area contributed by atoms with Crippen molar-refractivity contribution in [2.45, 2.75) is 39.2 Å². The van der Waals surface area contributed by atoms with Crippen molar-refractivity contribution in [3.8, 4) is 0 Å². The van der Waals surface area contributed by atoms with Gasteiger partial charge in [-0.3, -0.25) is 9.36 Å². The number of H-pyrrole nitrogens is 1. The van der Waals surface area contributed by atoms with E-state index in [1.165, 1.54) is 12.8 Å². The third-order valence-corrected chi connectivity index (χ3v) is 4.85. The van der Waals surface area contributed by atoms with E-state index in [-0.39, 0.29) is 11.6 Å². The molecule has 1 aliphatic rings. The number of hydrogen-bond donors (Lipinski definition) is 1. The molecule has 0 saturated heterocycles. The van der Waals surface area contributed by atoms with E-state index in [0.29, 0.717) is 10.7 Å². The molecule has 0 bridgehead atoms. The molecule has 1 aliphatic carbocycles. The molecule has 1 N–H and O–H groups in total. The van der Waals surface area contributed by atoms with Gasteiger partial charge in [0.15, 0.2) is 4.77 Å². The van der Waals surface area contributed by atoms with Gasteiger partial charge in [-0.25, -0.2) is 0 Å². The van der Waals surface area contributed by atoms with Crippen LogP contribution in [0.1, 0.15) is 39.2 Å². The van der Waals surface area contributed by atoms with Gasteiger partial charge in [0.2, 0.25) is 0 Å². The summed E-state index contributed by atoms with van der Waals surface area (Å²) in [6, 6.07) is 7.82. The Morgan fingerprint density at radius 2 is 2.00 bits per heavy atom. The van der Waals surface area contributed by atoms with Crippen LogP contribution in [0.15, 0.2) is 29.1 Å². The zero-order valence-corrected chi connectivity index (χ0v) is 12.7. The van der Waals surface area contributed by atoms with Crippen LogP contribution in [0.5, 0.6) is 0 Å². The topological polar surface area (TPSA) is 37.8 Å². The van der Waals surface area contributed by atoms with Crippen LogP contribution >= 0.6 is 12.2 Å². The van der Waals surface area contributed by atoms with Gasteiger partial charge in [0, 0.05) is 6.04 Å². The monoisotopic (exact) mass is 288 g/mol. The van der Waals surface area contributed by atoms with Gasteiger partial charge >= 0.3 is 0 Å². The molecule has 0 aliphatic heterocycles. The molecule has 3 rings (SSSR count). The fourth-order valence-corrected chi connectivity index (χ4v) is 3.84. The molecule has 0 spiro atoms. The van der Waals surface area contributed by atoms with E-state index in [4.69, 9.17) is 12.2 Å². The lowest BCUT2D eigenvalue weighted by atomic mass is 9.80. The summed E-state index contributed by atoms with van der Waals surface area (Å²) in [4.78, 5) is 16.0. The van der Waals surface area contributed by atoms with E-state index in [9.17, 15) is 4.79 Å². The lowest BCUT2D eigenvalue weighted by Crippen LogP contribution is -2.33. The highest BCUT2D eigenvalue weighted by molar-refractivity contribution is 7.71. The third-order valence-electron chi connectivity index (χ3n) is 4.55. The first-order chi connectivity index (χ1) is 9.58. The lowest BCUT2D eigenvalue weighted by Gasteiger charge is -2.33. The molecule has 1 aromatic carbocycles. The molecule has 1 fully saturated rings. The zero-order valence-electron chi connectivity index (χ0n) is 11.9. The number of nitrogens with zero attached hydrogens (tertiary/aromatic N) is 1. The Morgan fingerprint density at radius 1 is 1.25 bits per heavy atom. The second kappa shape index (κ2) is 5.17. The molecule has 1 heterocycles. The number of rotatable bonds is 1. The molecule has 106 valence electrons. The minimum absolute atomic E-state index is 0.0516. The van der Waals surface area contributed by atoms with Crippen molar-refractivity contribution >= 4 is 23.1 Å². The fraction of sp³-hybridized carbons (Fsp3) is 0.500. The van der Waals surface area contributed by atoms with Crippen molar-refractivity contribution in [1.82, 2.24) is 9.55 Å². The van der Waals surface area contributed by atoms with Crippen molar-refractivity contribution < 1.29 is 0 Å². The molecular weight excluding hydrogens is 268 g/mol. The van der Waals surface area contributed by atoms with Crippen molar-refractivity contribution in [2.75, 3.05) is 0 Å². The predicted octanol–water partition coefficient (Wildman–Crippen LogP) is 4.06. The first-order valence-electron chi connectivity index (χ1n) is 7.31. The highest BCUT2D eigenvalue weighted by Gasteiger charge is 2.28. The normalized spacial score (nSPS) is 26.8. The number of hydrogen-bond acceptors (Lipinski definition) is 2. The quantitative estimate of drug-likeness (QED) is 0.804. The van der Waals surface area contributed by atoms with Gasteiger partial charge in [-0.15, -0.1) is 0 Å². The standard InChI is InChI=1S/C16H20N2OS/c1-10-7-8-14(11(2)9-10)18-15(19)12-5-3-4-6-13(12)17-16(18)20/h3-6,10-11,14H,7-9H2,1-2H3,(H,17,20). The Labute approximate surface area is 123 Å². The summed E-state index contributed by atoms with van der Waals surface area (Å²) in [5, 5.41) is 0.729. The van der Waals surface area contributed by atoms with Crippen LogP contribution in [0.3, 0.4) is 0 Å². The molecule has 3 nitrogen and oxygen atoms in total. The van der Waals surface area contributed by atoms with Crippen LogP contribution in [-0.4, -0.2) is 9.55 Å². The maximum atomic E-state index is 12.8. The third kappa shape index (κ3) is 2.22. The minimum Gasteiger partial charge on any atom is -0.332 e. The number of aromatic amines is 1. The largest absolute Gasteiger partial charge is 0.332 e. The first kappa shape index (κ1) is 13.6. The maximum Gasteiger partial charge on any atom is 0.262 e. The molecule has 0 radical (unpaired) electrons. The van der Waals surface area contributed by atoms with E-state index in [1.54, 1.807) is 0 Å². The van der Waals surface area contributed by atoms with Crippen molar-refractivity contribution in [2.24, 2.45) is 11.8 Å². The van der Waals surface area contributed by atoms with E-state index >= 15 is 0 Å². The lowest BCUT2D eigenvalue weighted by molar-refractivity contribution is 0.202. The molecular formula is C16H20N2OS. The summed E-state index contributed by atoms with van der Waals surface area (Å²) >= 11 is 5.44. The Bertz CT molecular complexity index is 746. The van der Waals surface area contributed by atoms with Crippen LogP contribution in [-0.2, 0) is 0 Å². The average molecular weight is 288 g/mol. The number of nitrogens with one attached hydrogen (secondary N) is 1. The van der Waals surface area contributed by atoms with Crippen molar-refractivity contribution in [3.63, 3.8) is 0 Å². The van der Waals surface area contributed by atoms with Gasteiger partial charge in [0.05, 0.1) is 10.9 Å². The number of benzene rings is 1. The van der Waals surface area contributed by atoms with Gasteiger partial charge in [0.1, 0.15) is 0 Å². The summed E-state index contributed by atoms with van der Waals surface area (Å²) in [5.41, 5.74) is 0.881. The van der Waals surface area contributed by atoms with Gasteiger partial charge in [0.25, 0.3) is 5.56 Å². The summed E-state index contributed by atoms with van der Waals surface area (Å²) in [6.45, 7) is 4.52. The Morgan fingerprint density at radius 3 is 2.75 bits per heavy atom. The van der Waals surface area contributed by atoms with Crippen LogP contribution in [0, 0.1) is 16.6 Å². The van der Waals surface area contributed by atoms with E-state index in [1.807, 2.05) is 28.8 Å². The Hall–Kier alpha value is -1.42. The van der Waals surface area contributed by atoms with Crippen LogP contribution in [0.25, 0.3) is 10.9 Å². The smallest absolute Gasteiger partial charge is 0.262 e. The van der Waals surface area contributed by atoms with E-state index in [0.717, 1.165) is 23.2 Å². The van der Waals surface area contributed by atoms with E-state index in [2.05, 4.69) is 18.8 Å². The fourth-order valence-electron chi connectivity index (χ4n) is 3.51. The van der Waals surface area contributed by atoms with Gasteiger partial charge in [-0.2, -0.15) is 0 Å². The predicted molar refractivity (Wildman–Crippen MR) is 84.6 cm³/mol. The highest BCUT2D eigenvalue weighted by Crippen LogP contribution is 2.36. The van der Waals surface area contributed by atoms with Gasteiger partial charge < -0.3 is 4.98 Å². The SMILES string of the molecule is CC1CCC(n2c(=S)[nH]c3ccccc3c2=O)C(C)C1. The second-order valence-corrected chi connectivity index (χ2v) is 6.50. The summed E-state index contributed by atoms with van der Waals surface area (Å²) in [5.74, 6) is 1.24. The van der Waals surface area contributed by atoms with Gasteiger partial charge in [-0.05, 0) is 55.4 Å².